The lowest BCUT2D eigenvalue weighted by Gasteiger charge is -2.04. The molecule has 0 fully saturated rings. The fraction of sp³-hybridized carbons (Fsp3) is 0. The zero-order valence-electron chi connectivity index (χ0n) is 6.61. The Hall–Kier alpha value is -0.800. The fourth-order valence-electron chi connectivity index (χ4n) is 1.09. The zero-order chi connectivity index (χ0) is 9.26. The number of rotatable bonds is 1. The monoisotopic (exact) mass is 256 g/mol. The molecule has 2 aromatic rings. The van der Waals surface area contributed by atoms with Crippen LogP contribution in [-0.4, -0.2) is 9.78 Å². The van der Waals surface area contributed by atoms with Gasteiger partial charge in [-0.3, -0.25) is 0 Å². The van der Waals surface area contributed by atoms with E-state index in [-0.39, 0.29) is 0 Å². The van der Waals surface area contributed by atoms with Gasteiger partial charge in [-0.1, -0.05) is 23.7 Å². The van der Waals surface area contributed by atoms with Crippen molar-refractivity contribution in [3.8, 4) is 5.69 Å². The molecule has 1 heterocycles. The van der Waals surface area contributed by atoms with Gasteiger partial charge < -0.3 is 0 Å². The molecule has 1 aromatic heterocycles. The third-order valence-corrected chi connectivity index (χ3v) is 2.60. The van der Waals surface area contributed by atoms with Crippen LogP contribution < -0.4 is 0 Å². The summed E-state index contributed by atoms with van der Waals surface area (Å²) in [5.74, 6) is 0. The number of benzene rings is 1. The lowest BCUT2D eigenvalue weighted by atomic mass is 10.3. The Balaban J connectivity index is 2.59. The zero-order valence-corrected chi connectivity index (χ0v) is 8.96. The number of nitrogens with zero attached hydrogens (tertiary/aromatic N) is 2. The Morgan fingerprint density at radius 2 is 2.00 bits per heavy atom. The van der Waals surface area contributed by atoms with Gasteiger partial charge >= 0.3 is 0 Å². The van der Waals surface area contributed by atoms with Crippen LogP contribution in [-0.2, 0) is 0 Å². The molecule has 0 N–H and O–H groups in total. The van der Waals surface area contributed by atoms with Crippen LogP contribution in [0.15, 0.2) is 41.1 Å². The molecule has 0 aliphatic heterocycles. The molecule has 0 saturated heterocycles. The maximum absolute atomic E-state index is 6.01. The van der Waals surface area contributed by atoms with Crippen molar-refractivity contribution >= 4 is 27.5 Å². The summed E-state index contributed by atoms with van der Waals surface area (Å²) in [4.78, 5) is 0. The van der Waals surface area contributed by atoms with E-state index in [1.807, 2.05) is 30.3 Å². The molecule has 4 heteroatoms. The van der Waals surface area contributed by atoms with Crippen LogP contribution in [0.1, 0.15) is 0 Å². The highest BCUT2D eigenvalue weighted by atomic mass is 79.9. The molecule has 66 valence electrons. The van der Waals surface area contributed by atoms with Gasteiger partial charge in [0, 0.05) is 0 Å². The van der Waals surface area contributed by atoms with Crippen LogP contribution in [0.4, 0.5) is 0 Å². The minimum Gasteiger partial charge on any atom is -0.225 e. The van der Waals surface area contributed by atoms with E-state index in [0.29, 0.717) is 5.02 Å². The highest BCUT2D eigenvalue weighted by molar-refractivity contribution is 9.10. The Labute approximate surface area is 89.3 Å². The topological polar surface area (TPSA) is 17.8 Å². The van der Waals surface area contributed by atoms with Gasteiger partial charge in [0.2, 0.25) is 0 Å². The van der Waals surface area contributed by atoms with Crippen molar-refractivity contribution in [2.24, 2.45) is 0 Å². The first-order valence-electron chi connectivity index (χ1n) is 3.73. The quantitative estimate of drug-likeness (QED) is 0.766. The molecular weight excluding hydrogens is 251 g/mol. The summed E-state index contributed by atoms with van der Waals surface area (Å²) in [6.45, 7) is 0. The lowest BCUT2D eigenvalue weighted by molar-refractivity contribution is 0.861. The summed E-state index contributed by atoms with van der Waals surface area (Å²) in [6.07, 6.45) is 1.72. The van der Waals surface area contributed by atoms with Gasteiger partial charge in [0.1, 0.15) is 4.60 Å². The molecule has 0 aliphatic carbocycles. The van der Waals surface area contributed by atoms with E-state index >= 15 is 0 Å². The standard InChI is InChI=1S/C9H6BrClN2/c10-9-5-6-12-13(9)8-4-2-1-3-7(8)11/h1-6H. The third kappa shape index (κ3) is 1.62. The largest absolute Gasteiger partial charge is 0.225 e. The predicted molar refractivity (Wildman–Crippen MR) is 56.3 cm³/mol. The van der Waals surface area contributed by atoms with Crippen molar-refractivity contribution < 1.29 is 0 Å². The van der Waals surface area contributed by atoms with E-state index < -0.39 is 0 Å². The van der Waals surface area contributed by atoms with E-state index in [9.17, 15) is 0 Å². The Kier molecular flexibility index (Phi) is 2.38. The number of halogens is 2. The summed E-state index contributed by atoms with van der Waals surface area (Å²) in [5.41, 5.74) is 0.876. The minimum atomic E-state index is 0.687. The van der Waals surface area contributed by atoms with Crippen LogP contribution >= 0.6 is 27.5 Å². The Bertz CT molecular complexity index is 425. The lowest BCUT2D eigenvalue weighted by Crippen LogP contribution is -1.96. The second kappa shape index (κ2) is 3.52. The molecule has 13 heavy (non-hydrogen) atoms. The first-order chi connectivity index (χ1) is 6.29. The highest BCUT2D eigenvalue weighted by Crippen LogP contribution is 2.22. The normalized spacial score (nSPS) is 10.3. The van der Waals surface area contributed by atoms with Gasteiger partial charge in [0.05, 0.1) is 16.9 Å². The van der Waals surface area contributed by atoms with E-state index in [1.165, 1.54) is 0 Å². The summed E-state index contributed by atoms with van der Waals surface area (Å²) in [6, 6.07) is 9.44. The first kappa shape index (κ1) is 8.78. The molecule has 0 bridgehead atoms. The van der Waals surface area contributed by atoms with E-state index in [2.05, 4.69) is 21.0 Å². The van der Waals surface area contributed by atoms with Crippen LogP contribution in [0.5, 0.6) is 0 Å². The second-order valence-corrected chi connectivity index (χ2v) is 3.74. The predicted octanol–water partition coefficient (Wildman–Crippen LogP) is 3.29. The highest BCUT2D eigenvalue weighted by Gasteiger charge is 2.04. The SMILES string of the molecule is Clc1ccccc1-n1nccc1Br. The molecule has 2 nitrogen and oxygen atoms in total. The average Bonchev–Trinajstić information content (AvgIpc) is 2.52. The molecule has 0 aliphatic rings. The van der Waals surface area contributed by atoms with Crippen LogP contribution in [0, 0.1) is 0 Å². The maximum atomic E-state index is 6.01. The van der Waals surface area contributed by atoms with Crippen molar-refractivity contribution in [2.75, 3.05) is 0 Å². The molecule has 0 unspecified atom stereocenters. The number of hydrogen-bond donors (Lipinski definition) is 0. The Morgan fingerprint density at radius 1 is 1.23 bits per heavy atom. The van der Waals surface area contributed by atoms with Crippen molar-refractivity contribution in [3.05, 3.63) is 46.2 Å². The van der Waals surface area contributed by atoms with E-state index in [4.69, 9.17) is 11.6 Å². The summed E-state index contributed by atoms with van der Waals surface area (Å²) in [5, 5.41) is 4.82. The Morgan fingerprint density at radius 3 is 2.62 bits per heavy atom. The fourth-order valence-corrected chi connectivity index (χ4v) is 1.70. The molecule has 2 rings (SSSR count). The van der Waals surface area contributed by atoms with Gasteiger partial charge in [0.15, 0.2) is 0 Å². The third-order valence-electron chi connectivity index (χ3n) is 1.68. The van der Waals surface area contributed by atoms with Crippen molar-refractivity contribution in [3.63, 3.8) is 0 Å². The number of aromatic nitrogens is 2. The smallest absolute Gasteiger partial charge is 0.109 e. The summed E-state index contributed by atoms with van der Waals surface area (Å²) in [7, 11) is 0. The van der Waals surface area contributed by atoms with Gasteiger partial charge in [-0.2, -0.15) is 5.10 Å². The second-order valence-electron chi connectivity index (χ2n) is 2.52. The van der Waals surface area contributed by atoms with E-state index in [0.717, 1.165) is 10.3 Å². The molecule has 0 radical (unpaired) electrons. The van der Waals surface area contributed by atoms with E-state index in [1.54, 1.807) is 10.9 Å². The van der Waals surface area contributed by atoms with Crippen LogP contribution in [0.25, 0.3) is 5.69 Å². The average molecular weight is 258 g/mol. The first-order valence-corrected chi connectivity index (χ1v) is 4.90. The number of para-hydroxylation sites is 1. The molecule has 0 atom stereocenters. The van der Waals surface area contributed by atoms with Crippen molar-refractivity contribution in [2.45, 2.75) is 0 Å². The molecule has 1 aromatic carbocycles. The molecular formula is C9H6BrClN2. The van der Waals surface area contributed by atoms with Gasteiger partial charge in [-0.15, -0.1) is 0 Å². The van der Waals surface area contributed by atoms with Gasteiger partial charge in [-0.05, 0) is 34.1 Å². The van der Waals surface area contributed by atoms with Gasteiger partial charge in [-0.25, -0.2) is 4.68 Å². The molecule has 0 spiro atoms. The molecule has 0 amide bonds. The van der Waals surface area contributed by atoms with Gasteiger partial charge in [0.25, 0.3) is 0 Å². The minimum absolute atomic E-state index is 0.687. The van der Waals surface area contributed by atoms with Crippen molar-refractivity contribution in [1.29, 1.82) is 0 Å². The summed E-state index contributed by atoms with van der Waals surface area (Å²) < 4.78 is 2.63. The number of hydrogen-bond acceptors (Lipinski definition) is 1. The van der Waals surface area contributed by atoms with Crippen LogP contribution in [0.3, 0.4) is 0 Å². The molecule has 0 saturated carbocycles. The van der Waals surface area contributed by atoms with Crippen molar-refractivity contribution in [1.82, 2.24) is 9.78 Å². The van der Waals surface area contributed by atoms with Crippen LogP contribution in [0.2, 0.25) is 5.02 Å². The maximum Gasteiger partial charge on any atom is 0.109 e. The summed E-state index contributed by atoms with van der Waals surface area (Å²) >= 11 is 9.38.